The monoisotopic (exact) mass is 340 g/mol. The van der Waals surface area contributed by atoms with Gasteiger partial charge in [0.05, 0.1) is 13.1 Å². The average Bonchev–Trinajstić information content (AvgIpc) is 3.15. The van der Waals surface area contributed by atoms with E-state index in [-0.39, 0.29) is 5.91 Å². The molecule has 1 atom stereocenters. The zero-order valence-corrected chi connectivity index (χ0v) is 15.7. The van der Waals surface area contributed by atoms with E-state index < -0.39 is 0 Å². The van der Waals surface area contributed by atoms with Crippen LogP contribution in [0.4, 0.5) is 0 Å². The number of nitrogens with zero attached hydrogens (tertiary/aromatic N) is 2. The van der Waals surface area contributed by atoms with Crippen molar-refractivity contribution < 1.29 is 9.21 Å². The number of aryl methyl sites for hydroxylation is 3. The second-order valence-corrected chi connectivity index (χ2v) is 7.31. The first-order chi connectivity index (χ1) is 11.9. The molecule has 2 heterocycles. The quantitative estimate of drug-likeness (QED) is 0.825. The fraction of sp³-hybridized carbons (Fsp3) is 0.476. The fourth-order valence-electron chi connectivity index (χ4n) is 3.78. The Kier molecular flexibility index (Phi) is 5.28. The van der Waals surface area contributed by atoms with Crippen LogP contribution in [0.25, 0.3) is 0 Å². The summed E-state index contributed by atoms with van der Waals surface area (Å²) in [4.78, 5) is 16.7. The standard InChI is InChI=1S/C21H28N2O2/c1-15-10-16(2)12-18(11-15)20-6-5-9-23(20)14-21(24)22(4)13-19-8-7-17(3)25-19/h7-8,10-12,20H,5-6,9,13-14H2,1-4H3. The Morgan fingerprint density at radius 3 is 2.56 bits per heavy atom. The van der Waals surface area contributed by atoms with Crippen LogP contribution in [-0.2, 0) is 11.3 Å². The molecule has 1 aromatic carbocycles. The third kappa shape index (κ3) is 4.31. The first kappa shape index (κ1) is 17.7. The number of likely N-dealkylation sites (N-methyl/N-ethyl adjacent to an activating group) is 1. The van der Waals surface area contributed by atoms with Gasteiger partial charge in [-0.25, -0.2) is 0 Å². The molecule has 1 aliphatic rings. The second kappa shape index (κ2) is 7.44. The van der Waals surface area contributed by atoms with E-state index in [1.165, 1.54) is 16.7 Å². The normalized spacial score (nSPS) is 17.8. The zero-order chi connectivity index (χ0) is 18.0. The van der Waals surface area contributed by atoms with Crippen LogP contribution in [0.3, 0.4) is 0 Å². The topological polar surface area (TPSA) is 36.7 Å². The van der Waals surface area contributed by atoms with Crippen molar-refractivity contribution >= 4 is 5.91 Å². The molecule has 3 rings (SSSR count). The van der Waals surface area contributed by atoms with Gasteiger partial charge in [0.15, 0.2) is 0 Å². The van der Waals surface area contributed by atoms with E-state index in [9.17, 15) is 4.79 Å². The Bertz CT molecular complexity index is 730. The Morgan fingerprint density at radius 1 is 1.20 bits per heavy atom. The molecule has 1 aliphatic heterocycles. The second-order valence-electron chi connectivity index (χ2n) is 7.31. The van der Waals surface area contributed by atoms with Gasteiger partial charge in [-0.2, -0.15) is 0 Å². The van der Waals surface area contributed by atoms with Crippen molar-refractivity contribution in [1.29, 1.82) is 0 Å². The van der Waals surface area contributed by atoms with Crippen molar-refractivity contribution in [3.05, 3.63) is 58.5 Å². The first-order valence-electron chi connectivity index (χ1n) is 9.04. The average molecular weight is 340 g/mol. The van der Waals surface area contributed by atoms with E-state index in [0.717, 1.165) is 30.9 Å². The van der Waals surface area contributed by atoms with Gasteiger partial charge in [0.25, 0.3) is 0 Å². The lowest BCUT2D eigenvalue weighted by atomic mass is 9.99. The summed E-state index contributed by atoms with van der Waals surface area (Å²) in [5, 5.41) is 0. The van der Waals surface area contributed by atoms with Crippen LogP contribution in [0.15, 0.2) is 34.7 Å². The SMILES string of the molecule is Cc1cc(C)cc(C2CCCN2CC(=O)N(C)Cc2ccc(C)o2)c1. The molecule has 2 aromatic rings. The number of benzene rings is 1. The third-order valence-corrected chi connectivity index (χ3v) is 4.95. The van der Waals surface area contributed by atoms with Crippen LogP contribution in [-0.4, -0.2) is 35.8 Å². The highest BCUT2D eigenvalue weighted by Crippen LogP contribution is 2.32. The number of rotatable bonds is 5. The summed E-state index contributed by atoms with van der Waals surface area (Å²) in [6.07, 6.45) is 2.27. The summed E-state index contributed by atoms with van der Waals surface area (Å²) >= 11 is 0. The van der Waals surface area contributed by atoms with E-state index in [1.54, 1.807) is 4.90 Å². The molecule has 25 heavy (non-hydrogen) atoms. The molecule has 0 aliphatic carbocycles. The number of amides is 1. The summed E-state index contributed by atoms with van der Waals surface area (Å²) in [6.45, 7) is 8.17. The molecule has 0 bridgehead atoms. The van der Waals surface area contributed by atoms with Gasteiger partial charge >= 0.3 is 0 Å². The predicted molar refractivity (Wildman–Crippen MR) is 99.4 cm³/mol. The van der Waals surface area contributed by atoms with Crippen molar-refractivity contribution in [2.45, 2.75) is 46.2 Å². The number of furan rings is 1. The van der Waals surface area contributed by atoms with Crippen molar-refractivity contribution in [2.75, 3.05) is 20.1 Å². The van der Waals surface area contributed by atoms with E-state index in [4.69, 9.17) is 4.42 Å². The zero-order valence-electron chi connectivity index (χ0n) is 15.7. The summed E-state index contributed by atoms with van der Waals surface area (Å²) < 4.78 is 5.58. The van der Waals surface area contributed by atoms with E-state index in [2.05, 4.69) is 36.9 Å². The van der Waals surface area contributed by atoms with Crippen LogP contribution < -0.4 is 0 Å². The van der Waals surface area contributed by atoms with Crippen LogP contribution in [0.2, 0.25) is 0 Å². The Hall–Kier alpha value is -2.07. The minimum atomic E-state index is 0.144. The highest BCUT2D eigenvalue weighted by Gasteiger charge is 2.28. The number of carbonyl (C=O) groups excluding carboxylic acids is 1. The largest absolute Gasteiger partial charge is 0.464 e. The number of carbonyl (C=O) groups is 1. The minimum absolute atomic E-state index is 0.144. The van der Waals surface area contributed by atoms with Gasteiger partial charge in [-0.1, -0.05) is 29.3 Å². The predicted octanol–water partition coefficient (Wildman–Crippen LogP) is 4.00. The lowest BCUT2D eigenvalue weighted by Gasteiger charge is -2.27. The van der Waals surface area contributed by atoms with Gasteiger partial charge in [-0.15, -0.1) is 0 Å². The number of hydrogen-bond acceptors (Lipinski definition) is 3. The lowest BCUT2D eigenvalue weighted by Crippen LogP contribution is -2.37. The van der Waals surface area contributed by atoms with Crippen molar-refractivity contribution in [3.63, 3.8) is 0 Å². The van der Waals surface area contributed by atoms with Crippen molar-refractivity contribution in [1.82, 2.24) is 9.80 Å². The van der Waals surface area contributed by atoms with Gasteiger partial charge in [0.1, 0.15) is 11.5 Å². The molecule has 134 valence electrons. The molecule has 0 N–H and O–H groups in total. The molecular weight excluding hydrogens is 312 g/mol. The van der Waals surface area contributed by atoms with Crippen LogP contribution >= 0.6 is 0 Å². The Labute approximate surface area is 150 Å². The maximum atomic E-state index is 12.7. The van der Waals surface area contributed by atoms with Gasteiger partial charge in [0, 0.05) is 13.1 Å². The summed E-state index contributed by atoms with van der Waals surface area (Å²) in [5.41, 5.74) is 3.92. The Balaban J connectivity index is 1.65. The van der Waals surface area contributed by atoms with E-state index >= 15 is 0 Å². The van der Waals surface area contributed by atoms with E-state index in [0.29, 0.717) is 19.1 Å². The molecule has 1 unspecified atom stereocenters. The highest BCUT2D eigenvalue weighted by atomic mass is 16.3. The fourth-order valence-corrected chi connectivity index (χ4v) is 3.78. The summed E-state index contributed by atoms with van der Waals surface area (Å²) in [6, 6.07) is 10.9. The van der Waals surface area contributed by atoms with Crippen LogP contribution in [0.1, 0.15) is 47.1 Å². The minimum Gasteiger partial charge on any atom is -0.464 e. The first-order valence-corrected chi connectivity index (χ1v) is 9.04. The maximum Gasteiger partial charge on any atom is 0.236 e. The highest BCUT2D eigenvalue weighted by molar-refractivity contribution is 5.78. The smallest absolute Gasteiger partial charge is 0.236 e. The molecule has 1 amide bonds. The van der Waals surface area contributed by atoms with E-state index in [1.807, 2.05) is 26.1 Å². The lowest BCUT2D eigenvalue weighted by molar-refractivity contribution is -0.132. The van der Waals surface area contributed by atoms with Crippen LogP contribution in [0, 0.1) is 20.8 Å². The summed E-state index contributed by atoms with van der Waals surface area (Å²) in [7, 11) is 1.85. The number of hydrogen-bond donors (Lipinski definition) is 0. The van der Waals surface area contributed by atoms with Gasteiger partial charge in [-0.3, -0.25) is 9.69 Å². The van der Waals surface area contributed by atoms with Crippen LogP contribution in [0.5, 0.6) is 0 Å². The molecule has 0 spiro atoms. The van der Waals surface area contributed by atoms with Gasteiger partial charge in [0.2, 0.25) is 5.91 Å². The van der Waals surface area contributed by atoms with Crippen molar-refractivity contribution in [3.8, 4) is 0 Å². The molecule has 0 saturated carbocycles. The molecule has 1 aromatic heterocycles. The molecular formula is C21H28N2O2. The van der Waals surface area contributed by atoms with Crippen molar-refractivity contribution in [2.24, 2.45) is 0 Å². The molecule has 1 saturated heterocycles. The molecule has 4 heteroatoms. The number of likely N-dealkylation sites (tertiary alicyclic amines) is 1. The summed E-state index contributed by atoms with van der Waals surface area (Å²) in [5.74, 6) is 1.86. The maximum absolute atomic E-state index is 12.7. The van der Waals surface area contributed by atoms with Gasteiger partial charge in [-0.05, 0) is 57.9 Å². The Morgan fingerprint density at radius 2 is 1.92 bits per heavy atom. The molecule has 1 fully saturated rings. The molecule has 4 nitrogen and oxygen atoms in total. The van der Waals surface area contributed by atoms with Gasteiger partial charge < -0.3 is 9.32 Å². The third-order valence-electron chi connectivity index (χ3n) is 4.95. The molecule has 0 radical (unpaired) electrons.